The number of para-hydroxylation sites is 2. The smallest absolute Gasteiger partial charge is 0.196 e. The summed E-state index contributed by atoms with van der Waals surface area (Å²) in [7, 11) is 1.96. The lowest BCUT2D eigenvalue weighted by atomic mass is 9.70. The number of hydrogen-bond acceptors (Lipinski definition) is 4. The van der Waals surface area contributed by atoms with Gasteiger partial charge in [-0.3, -0.25) is 19.6 Å². The summed E-state index contributed by atoms with van der Waals surface area (Å²) >= 11 is 0. The third kappa shape index (κ3) is 4.70. The molecule has 7 heteroatoms. The molecule has 2 aliphatic heterocycles. The summed E-state index contributed by atoms with van der Waals surface area (Å²) in [6, 6.07) is 7.40. The van der Waals surface area contributed by atoms with Crippen LogP contribution < -0.4 is 32.0 Å². The number of benzene rings is 1. The summed E-state index contributed by atoms with van der Waals surface area (Å²) in [6.45, 7) is 3.90. The summed E-state index contributed by atoms with van der Waals surface area (Å²) < 4.78 is 0. The average molecular weight is 507 g/mol. The fourth-order valence-corrected chi connectivity index (χ4v) is 4.76. The number of allylic oxidation sites excluding steroid dienone is 4. The Morgan fingerprint density at radius 3 is 1.82 bits per heavy atom. The molecule has 1 aromatic heterocycles. The lowest BCUT2D eigenvalue weighted by Gasteiger charge is -2.08. The van der Waals surface area contributed by atoms with E-state index in [1.54, 1.807) is 12.4 Å². The summed E-state index contributed by atoms with van der Waals surface area (Å²) in [4.78, 5) is 43.2. The zero-order valence-corrected chi connectivity index (χ0v) is 21.5. The first-order valence-electron chi connectivity index (χ1n) is 12.7. The molecule has 6 nitrogen and oxygen atoms in total. The van der Waals surface area contributed by atoms with E-state index in [9.17, 15) is 9.59 Å². The maximum Gasteiger partial charge on any atom is 0.196 e. The number of H-pyrrole nitrogens is 2. The minimum atomic E-state index is -0.126. The molecular weight excluding hydrogens is 483 g/mol. The standard InChI is InChI=1S/C32H24BN4O2/c1-19-13-20-17-34-27-7-3-4-8-28(27)35-18-21-15-22(33-2)16-24(32(21)39)26-10-6-12-30(37-26)29-11-5-9-25(36-29)23(14-19)31(20)38/h3-18,36-37H,1-2H3. The number of aromatic nitrogens is 4. The van der Waals surface area contributed by atoms with Gasteiger partial charge in [0.05, 0.1) is 21.7 Å². The Morgan fingerprint density at radius 1 is 0.718 bits per heavy atom. The van der Waals surface area contributed by atoms with Gasteiger partial charge in [0, 0.05) is 45.3 Å². The van der Waals surface area contributed by atoms with E-state index in [4.69, 9.17) is 0 Å². The number of aromatic amines is 2. The van der Waals surface area contributed by atoms with Crippen LogP contribution >= 0.6 is 0 Å². The molecule has 1 aromatic carbocycles. The van der Waals surface area contributed by atoms with Crippen molar-refractivity contribution in [3.8, 4) is 0 Å². The van der Waals surface area contributed by atoms with Crippen LogP contribution in [-0.2, 0) is 0 Å². The van der Waals surface area contributed by atoms with Crippen molar-refractivity contribution < 1.29 is 0 Å². The molecule has 8 bridgehead atoms. The Kier molecular flexibility index (Phi) is 6.25. The first-order chi connectivity index (χ1) is 19.0. The Labute approximate surface area is 224 Å². The van der Waals surface area contributed by atoms with Crippen molar-refractivity contribution in [3.63, 3.8) is 0 Å². The van der Waals surface area contributed by atoms with E-state index in [2.05, 4.69) is 19.9 Å². The predicted octanol–water partition coefficient (Wildman–Crippen LogP) is 2.08. The first kappa shape index (κ1) is 24.3. The molecule has 39 heavy (non-hydrogen) atoms. The average Bonchev–Trinajstić information content (AvgIpc) is 2.97. The van der Waals surface area contributed by atoms with Gasteiger partial charge in [-0.05, 0) is 61.1 Å². The lowest BCUT2D eigenvalue weighted by molar-refractivity contribution is 1.12. The third-order valence-corrected chi connectivity index (χ3v) is 6.76. The molecule has 4 aliphatic rings. The highest BCUT2D eigenvalue weighted by Gasteiger charge is 2.10. The Bertz CT molecular complexity index is 2160. The molecule has 6 rings (SSSR count). The fraction of sp³-hybridized carbons (Fsp3) is 0.0625. The largest absolute Gasteiger partial charge is 0.353 e. The third-order valence-electron chi connectivity index (χ3n) is 6.76. The molecule has 0 amide bonds. The fourth-order valence-electron chi connectivity index (χ4n) is 4.76. The molecule has 2 N–H and O–H groups in total. The molecule has 0 atom stereocenters. The van der Waals surface area contributed by atoms with Crippen molar-refractivity contribution in [1.82, 2.24) is 19.9 Å². The second-order valence-electron chi connectivity index (χ2n) is 9.47. The number of nitrogens with zero attached hydrogens (tertiary/aromatic N) is 2. The van der Waals surface area contributed by atoms with Crippen molar-refractivity contribution in [2.75, 3.05) is 0 Å². The van der Waals surface area contributed by atoms with Gasteiger partial charge in [0.25, 0.3) is 0 Å². The van der Waals surface area contributed by atoms with Crippen LogP contribution in [0, 0.1) is 0 Å². The van der Waals surface area contributed by atoms with E-state index < -0.39 is 0 Å². The van der Waals surface area contributed by atoms with E-state index in [0.29, 0.717) is 44.0 Å². The van der Waals surface area contributed by atoms with Crippen LogP contribution in [-0.4, -0.2) is 27.2 Å². The first-order valence-corrected chi connectivity index (χ1v) is 12.7. The number of fused-ring (bicyclic) bond motifs is 12. The van der Waals surface area contributed by atoms with Crippen LogP contribution in [0.3, 0.4) is 0 Å². The summed E-state index contributed by atoms with van der Waals surface area (Å²) in [5.41, 5.74) is 5.28. The maximum atomic E-state index is 13.6. The van der Waals surface area contributed by atoms with Gasteiger partial charge in [-0.2, -0.15) is 0 Å². The lowest BCUT2D eigenvalue weighted by Crippen LogP contribution is -2.34. The highest BCUT2D eigenvalue weighted by molar-refractivity contribution is 6.48. The van der Waals surface area contributed by atoms with E-state index in [-0.39, 0.29) is 10.9 Å². The second kappa shape index (κ2) is 10.0. The highest BCUT2D eigenvalue weighted by atomic mass is 16.1. The maximum absolute atomic E-state index is 13.6. The minimum Gasteiger partial charge on any atom is -0.353 e. The van der Waals surface area contributed by atoms with Crippen LogP contribution in [0.25, 0.3) is 59.6 Å². The SMILES string of the molecule is C[B]C1=Cc2c3[nH]c(c4[nH]c(c5c(=O)c(cnc6ccccc6ncc(c2=O)=C1)=CC(C)=C5)C=CC=4)=CC=C3. The molecule has 0 saturated carbocycles. The zero-order chi connectivity index (χ0) is 26.9. The van der Waals surface area contributed by atoms with Gasteiger partial charge < -0.3 is 9.97 Å². The van der Waals surface area contributed by atoms with Crippen LogP contribution in [0.4, 0.5) is 0 Å². The van der Waals surface area contributed by atoms with E-state index >= 15 is 0 Å². The van der Waals surface area contributed by atoms with Gasteiger partial charge in [0.15, 0.2) is 10.9 Å². The van der Waals surface area contributed by atoms with E-state index in [0.717, 1.165) is 21.7 Å². The topological polar surface area (TPSA) is 91.5 Å². The van der Waals surface area contributed by atoms with Crippen molar-refractivity contribution >= 4 is 66.9 Å². The second-order valence-corrected chi connectivity index (χ2v) is 9.47. The normalized spacial score (nSPS) is 14.0. The molecule has 0 fully saturated rings. The Hall–Kier alpha value is -5.04. The van der Waals surface area contributed by atoms with Crippen LogP contribution in [0.15, 0.2) is 69.4 Å². The summed E-state index contributed by atoms with van der Waals surface area (Å²) in [5.74, 6) is 0. The minimum absolute atomic E-state index is 0.119. The predicted molar refractivity (Wildman–Crippen MR) is 161 cm³/mol. The molecule has 1 radical (unpaired) electrons. The molecule has 2 aliphatic carbocycles. The summed E-state index contributed by atoms with van der Waals surface area (Å²) in [5, 5.41) is 2.52. The van der Waals surface area contributed by atoms with Gasteiger partial charge in [0.1, 0.15) is 7.28 Å². The van der Waals surface area contributed by atoms with Crippen molar-refractivity contribution in [2.45, 2.75) is 13.7 Å². The van der Waals surface area contributed by atoms with Crippen molar-refractivity contribution in [2.24, 2.45) is 0 Å². The molecule has 187 valence electrons. The van der Waals surface area contributed by atoms with Gasteiger partial charge in [0.2, 0.25) is 0 Å². The van der Waals surface area contributed by atoms with E-state index in [1.807, 2.05) is 106 Å². The number of rotatable bonds is 1. The highest BCUT2D eigenvalue weighted by Crippen LogP contribution is 2.12. The number of nitrogens with one attached hydrogen (secondary N) is 2. The summed E-state index contributed by atoms with van der Waals surface area (Å²) in [6.07, 6.45) is 22.0. The van der Waals surface area contributed by atoms with Crippen LogP contribution in [0.1, 0.15) is 29.4 Å². The Balaban J connectivity index is 1.85. The van der Waals surface area contributed by atoms with Crippen LogP contribution in [0.2, 0.25) is 6.82 Å². The monoisotopic (exact) mass is 507 g/mol. The van der Waals surface area contributed by atoms with Crippen molar-refractivity contribution in [1.29, 1.82) is 0 Å². The quantitative estimate of drug-likeness (QED) is 0.579. The van der Waals surface area contributed by atoms with E-state index in [1.165, 1.54) is 0 Å². The van der Waals surface area contributed by atoms with Gasteiger partial charge in [-0.1, -0.05) is 48.7 Å². The molecular formula is C32H24BN4O2. The molecule has 2 aromatic rings. The van der Waals surface area contributed by atoms with Gasteiger partial charge in [-0.15, -0.1) is 0 Å². The van der Waals surface area contributed by atoms with Gasteiger partial charge >= 0.3 is 0 Å². The van der Waals surface area contributed by atoms with Crippen molar-refractivity contribution in [3.05, 3.63) is 124 Å². The van der Waals surface area contributed by atoms with Crippen LogP contribution in [0.5, 0.6) is 0 Å². The molecule has 0 unspecified atom stereocenters. The Morgan fingerprint density at radius 2 is 1.26 bits per heavy atom. The molecule has 0 saturated heterocycles. The number of hydrogen-bond donors (Lipinski definition) is 2. The molecule has 3 heterocycles. The zero-order valence-electron chi connectivity index (χ0n) is 21.5. The molecule has 0 spiro atoms. The van der Waals surface area contributed by atoms with Gasteiger partial charge in [-0.25, -0.2) is 0 Å².